The third-order valence-corrected chi connectivity index (χ3v) is 6.33. The first kappa shape index (κ1) is 24.2. The number of hydrogen-bond acceptors (Lipinski definition) is 8. The minimum absolute atomic E-state index is 0.445. The van der Waals surface area contributed by atoms with Gasteiger partial charge in [0.25, 0.3) is 0 Å². The van der Waals surface area contributed by atoms with Crippen LogP contribution in [0.1, 0.15) is 43.2 Å². The highest BCUT2D eigenvalue weighted by atomic mass is 32.1. The smallest absolute Gasteiger partial charge is 0.146 e. The zero-order valence-corrected chi connectivity index (χ0v) is 20.8. The number of pyridine rings is 1. The van der Waals surface area contributed by atoms with Gasteiger partial charge in [0, 0.05) is 36.1 Å². The van der Waals surface area contributed by atoms with E-state index in [2.05, 4.69) is 32.6 Å². The Morgan fingerprint density at radius 2 is 1.94 bits per heavy atom. The second-order valence-corrected chi connectivity index (χ2v) is 10.0. The topological polar surface area (TPSA) is 122 Å². The molecule has 0 bridgehead atoms. The number of anilines is 2. The van der Waals surface area contributed by atoms with Crippen molar-refractivity contribution < 1.29 is 5.11 Å². The molecule has 0 amide bonds. The molecule has 9 heteroatoms. The molecule has 1 aromatic carbocycles. The summed E-state index contributed by atoms with van der Waals surface area (Å²) in [7, 11) is 0. The summed E-state index contributed by atoms with van der Waals surface area (Å²) in [5, 5.41) is 40.5. The quantitative estimate of drug-likeness (QED) is 0.521. The number of rotatable bonds is 5. The third kappa shape index (κ3) is 4.97. The maximum atomic E-state index is 10.0. The van der Waals surface area contributed by atoms with E-state index in [-0.39, 0.29) is 0 Å². The van der Waals surface area contributed by atoms with Crippen LogP contribution in [0.3, 0.4) is 0 Å². The predicted molar refractivity (Wildman–Crippen MR) is 138 cm³/mol. The molecule has 1 aliphatic rings. The Labute approximate surface area is 209 Å². The average Bonchev–Trinajstić information content (AvgIpc) is 2.83. The van der Waals surface area contributed by atoms with Crippen molar-refractivity contribution in [2.75, 3.05) is 23.3 Å². The fourth-order valence-electron chi connectivity index (χ4n) is 3.93. The zero-order chi connectivity index (χ0) is 25.4. The number of β-amino-alcohol motifs (C(OH)–C–C–N with tert-alkyl or cyclic N) is 1. The molecule has 176 valence electrons. The van der Waals surface area contributed by atoms with E-state index in [9.17, 15) is 15.6 Å². The van der Waals surface area contributed by atoms with E-state index in [1.807, 2.05) is 36.1 Å². The fourth-order valence-corrected chi connectivity index (χ4v) is 4.16. The lowest BCUT2D eigenvalue weighted by molar-refractivity contribution is 0.0305. The number of aromatic nitrogens is 3. The molecule has 0 atom stereocenters. The molecule has 0 radical (unpaired) electrons. The Balaban J connectivity index is 1.60. The predicted octanol–water partition coefficient (Wildman–Crippen LogP) is 3.88. The summed E-state index contributed by atoms with van der Waals surface area (Å²) in [5.74, 6) is 0.581. The summed E-state index contributed by atoms with van der Waals surface area (Å²) in [6.45, 7) is 8.21. The van der Waals surface area contributed by atoms with Crippen molar-refractivity contribution in [3.8, 4) is 23.3 Å². The van der Waals surface area contributed by atoms with Crippen LogP contribution in [-0.4, -0.2) is 44.0 Å². The maximum Gasteiger partial charge on any atom is 0.146 e. The normalized spacial score (nSPS) is 14.4. The van der Waals surface area contributed by atoms with Gasteiger partial charge in [-0.2, -0.15) is 20.7 Å². The summed E-state index contributed by atoms with van der Waals surface area (Å²) >= 11 is 5.59. The van der Waals surface area contributed by atoms with Crippen molar-refractivity contribution in [3.05, 3.63) is 65.1 Å². The maximum absolute atomic E-state index is 10.0. The van der Waals surface area contributed by atoms with Gasteiger partial charge in [-0.3, -0.25) is 0 Å². The number of aliphatic hydroxyl groups is 1. The largest absolute Gasteiger partial charge is 0.386 e. The molecule has 3 heterocycles. The van der Waals surface area contributed by atoms with E-state index < -0.39 is 11.0 Å². The highest BCUT2D eigenvalue weighted by Crippen LogP contribution is 2.33. The molecule has 1 aliphatic heterocycles. The molecule has 2 aromatic heterocycles. The molecule has 1 saturated heterocycles. The number of aryl methyl sites for hydroxylation is 1. The molecule has 4 rings (SSSR count). The number of thiocarbonyl (C=S) groups is 1. The van der Waals surface area contributed by atoms with E-state index in [4.69, 9.17) is 12.2 Å². The van der Waals surface area contributed by atoms with Gasteiger partial charge < -0.3 is 15.3 Å². The van der Waals surface area contributed by atoms with E-state index >= 15 is 0 Å². The lowest BCUT2D eigenvalue weighted by Gasteiger charge is -2.45. The molecule has 1 fully saturated rings. The summed E-state index contributed by atoms with van der Waals surface area (Å²) in [4.78, 5) is 6.90. The molecule has 2 N–H and O–H groups in total. The summed E-state index contributed by atoms with van der Waals surface area (Å²) in [6.07, 6.45) is 3.31. The molecular formula is C26H25N7OS. The van der Waals surface area contributed by atoms with Gasteiger partial charge in [-0.25, -0.2) is 4.98 Å². The Bertz CT molecular complexity index is 1390. The standard InChI is InChI=1S/C26H25N7OS/c1-16-5-6-20(31-24(35)19-8-22(32-30-12-19)25(2,3)13-28)9-21(16)18-7-17(10-27)23(29-11-18)33-14-26(4,34)15-33/h5-9,11-12,34H,14-15H2,1-4H3,(H,31,35). The number of hydrogen-bond donors (Lipinski definition) is 2. The number of benzene rings is 1. The summed E-state index contributed by atoms with van der Waals surface area (Å²) in [6, 6.07) is 13.9. The van der Waals surface area contributed by atoms with E-state index in [1.165, 1.54) is 0 Å². The number of nitriles is 2. The molecule has 0 unspecified atom stereocenters. The molecule has 8 nitrogen and oxygen atoms in total. The first-order chi connectivity index (χ1) is 16.5. The second-order valence-electron chi connectivity index (χ2n) is 9.61. The van der Waals surface area contributed by atoms with Gasteiger partial charge in [0.05, 0.1) is 34.5 Å². The Kier molecular flexibility index (Phi) is 6.25. The van der Waals surface area contributed by atoms with E-state index in [1.54, 1.807) is 39.2 Å². The van der Waals surface area contributed by atoms with Crippen molar-refractivity contribution in [1.29, 1.82) is 10.5 Å². The lowest BCUT2D eigenvalue weighted by Crippen LogP contribution is -2.60. The van der Waals surface area contributed by atoms with Crippen LogP contribution in [-0.2, 0) is 5.41 Å². The molecule has 0 aliphatic carbocycles. The van der Waals surface area contributed by atoms with Crippen LogP contribution >= 0.6 is 12.2 Å². The van der Waals surface area contributed by atoms with Crippen LogP contribution in [0.5, 0.6) is 0 Å². The van der Waals surface area contributed by atoms with Crippen LogP contribution in [0.15, 0.2) is 42.7 Å². The Morgan fingerprint density at radius 3 is 2.60 bits per heavy atom. The number of nitrogens with zero attached hydrogens (tertiary/aromatic N) is 6. The third-order valence-electron chi connectivity index (χ3n) is 5.99. The molecule has 0 spiro atoms. The fraction of sp³-hybridized carbons (Fsp3) is 0.308. The average molecular weight is 484 g/mol. The van der Waals surface area contributed by atoms with E-state index in [0.717, 1.165) is 22.4 Å². The van der Waals surface area contributed by atoms with E-state index in [0.29, 0.717) is 40.7 Å². The summed E-state index contributed by atoms with van der Waals surface area (Å²) in [5.41, 5.74) is 3.67. The Morgan fingerprint density at radius 1 is 1.20 bits per heavy atom. The first-order valence-corrected chi connectivity index (χ1v) is 11.5. The van der Waals surface area contributed by atoms with Crippen molar-refractivity contribution in [2.24, 2.45) is 0 Å². The molecular weight excluding hydrogens is 458 g/mol. The van der Waals surface area contributed by atoms with Crippen LogP contribution in [0.25, 0.3) is 11.1 Å². The van der Waals surface area contributed by atoms with Crippen molar-refractivity contribution in [2.45, 2.75) is 38.7 Å². The Hall–Kier alpha value is -3.92. The van der Waals surface area contributed by atoms with Gasteiger partial charge in [-0.15, -0.1) is 0 Å². The number of nitrogens with one attached hydrogen (secondary N) is 1. The second kappa shape index (κ2) is 9.03. The van der Waals surface area contributed by atoms with Gasteiger partial charge >= 0.3 is 0 Å². The van der Waals surface area contributed by atoms with Gasteiger partial charge in [0.15, 0.2) is 0 Å². The van der Waals surface area contributed by atoms with Gasteiger partial charge in [0.1, 0.15) is 16.9 Å². The van der Waals surface area contributed by atoms with Crippen molar-refractivity contribution in [1.82, 2.24) is 15.2 Å². The van der Waals surface area contributed by atoms with Crippen LogP contribution in [0.4, 0.5) is 11.5 Å². The molecule has 3 aromatic rings. The van der Waals surface area contributed by atoms with Gasteiger partial charge in [0.2, 0.25) is 0 Å². The monoisotopic (exact) mass is 483 g/mol. The minimum atomic E-state index is -0.779. The van der Waals surface area contributed by atoms with Gasteiger partial charge in [-0.1, -0.05) is 18.3 Å². The summed E-state index contributed by atoms with van der Waals surface area (Å²) < 4.78 is 0. The molecule has 0 saturated carbocycles. The van der Waals surface area contributed by atoms with Crippen LogP contribution < -0.4 is 10.2 Å². The zero-order valence-electron chi connectivity index (χ0n) is 20.0. The van der Waals surface area contributed by atoms with Crippen molar-refractivity contribution >= 4 is 28.7 Å². The van der Waals surface area contributed by atoms with Crippen LogP contribution in [0, 0.1) is 29.6 Å². The SMILES string of the molecule is Cc1ccc(NC(=S)c2cnnc(C(C)(C)C#N)c2)cc1-c1cnc(N2CC(C)(O)C2)c(C#N)c1. The van der Waals surface area contributed by atoms with Crippen molar-refractivity contribution in [3.63, 3.8) is 0 Å². The first-order valence-electron chi connectivity index (χ1n) is 11.1. The minimum Gasteiger partial charge on any atom is -0.386 e. The highest BCUT2D eigenvalue weighted by Gasteiger charge is 2.38. The van der Waals surface area contributed by atoms with Crippen LogP contribution in [0.2, 0.25) is 0 Å². The lowest BCUT2D eigenvalue weighted by atomic mass is 9.90. The molecule has 35 heavy (non-hydrogen) atoms. The highest BCUT2D eigenvalue weighted by molar-refractivity contribution is 7.81. The van der Waals surface area contributed by atoms with Gasteiger partial charge in [-0.05, 0) is 63.1 Å².